The Morgan fingerprint density at radius 3 is 2.62 bits per heavy atom. The third-order valence-electron chi connectivity index (χ3n) is 7.19. The molecule has 0 radical (unpaired) electrons. The maximum Gasteiger partial charge on any atom is 0.278 e. The maximum atomic E-state index is 14.1. The van der Waals surface area contributed by atoms with Crippen molar-refractivity contribution < 1.29 is 28.2 Å². The van der Waals surface area contributed by atoms with Gasteiger partial charge in [0, 0.05) is 30.4 Å². The number of ether oxygens (including phenoxy) is 1. The molecule has 3 heterocycles. The number of nitrogens with zero attached hydrogens (tertiary/aromatic N) is 3. The van der Waals surface area contributed by atoms with Gasteiger partial charge >= 0.3 is 0 Å². The monoisotopic (exact) mass is 538 g/mol. The van der Waals surface area contributed by atoms with Crippen molar-refractivity contribution in [1.82, 2.24) is 14.9 Å². The van der Waals surface area contributed by atoms with Crippen LogP contribution in [0, 0.1) is 11.6 Å². The largest absolute Gasteiger partial charge is 0.482 e. The average Bonchev–Trinajstić information content (AvgIpc) is 3.07. The van der Waals surface area contributed by atoms with Crippen molar-refractivity contribution in [2.45, 2.75) is 45.0 Å². The third-order valence-corrected chi connectivity index (χ3v) is 7.19. The molecule has 39 heavy (non-hydrogen) atoms. The van der Waals surface area contributed by atoms with Gasteiger partial charge in [0.05, 0.1) is 12.6 Å². The van der Waals surface area contributed by atoms with E-state index in [4.69, 9.17) is 4.74 Å². The van der Waals surface area contributed by atoms with Gasteiger partial charge in [0.1, 0.15) is 30.5 Å². The van der Waals surface area contributed by atoms with Crippen LogP contribution in [-0.4, -0.2) is 51.9 Å². The van der Waals surface area contributed by atoms with Gasteiger partial charge in [0.25, 0.3) is 11.8 Å². The molecule has 2 aromatic carbocycles. The zero-order valence-electron chi connectivity index (χ0n) is 21.3. The molecule has 0 saturated carbocycles. The fraction of sp³-hybridized carbons (Fsp3) is 0.321. The summed E-state index contributed by atoms with van der Waals surface area (Å²) in [5, 5.41) is 14.4. The SMILES string of the molecule is C[C@H]1CC[C@@H](CO)N2CN1C(=O)c1c(OCc3ccccc3)c(=O)c(C(=O)NCc3ccc(F)cc3F)cn12. The minimum absolute atomic E-state index is 0.0266. The van der Waals surface area contributed by atoms with Gasteiger partial charge in [-0.15, -0.1) is 0 Å². The lowest BCUT2D eigenvalue weighted by Crippen LogP contribution is -2.58. The van der Waals surface area contributed by atoms with Crippen LogP contribution < -0.4 is 20.5 Å². The molecule has 1 saturated heterocycles. The van der Waals surface area contributed by atoms with Gasteiger partial charge in [-0.1, -0.05) is 36.4 Å². The number of aliphatic hydroxyl groups is 1. The molecule has 204 valence electrons. The van der Waals surface area contributed by atoms with Crippen molar-refractivity contribution in [1.29, 1.82) is 0 Å². The molecule has 1 fully saturated rings. The van der Waals surface area contributed by atoms with Gasteiger partial charge in [-0.25, -0.2) is 8.78 Å². The Morgan fingerprint density at radius 2 is 1.90 bits per heavy atom. The lowest BCUT2D eigenvalue weighted by Gasteiger charge is -2.42. The number of aromatic nitrogens is 1. The molecule has 0 aliphatic carbocycles. The minimum Gasteiger partial charge on any atom is -0.482 e. The third kappa shape index (κ3) is 5.09. The number of hydrogen-bond acceptors (Lipinski definition) is 6. The van der Waals surface area contributed by atoms with E-state index in [0.717, 1.165) is 11.6 Å². The smallest absolute Gasteiger partial charge is 0.278 e. The van der Waals surface area contributed by atoms with Crippen molar-refractivity contribution in [2.75, 3.05) is 18.3 Å². The average molecular weight is 539 g/mol. The zero-order valence-corrected chi connectivity index (χ0v) is 21.3. The topological polar surface area (TPSA) is 104 Å². The molecule has 2 aliphatic rings. The van der Waals surface area contributed by atoms with E-state index in [9.17, 15) is 28.3 Å². The van der Waals surface area contributed by atoms with Crippen LogP contribution in [0.3, 0.4) is 0 Å². The Morgan fingerprint density at radius 1 is 1.13 bits per heavy atom. The summed E-state index contributed by atoms with van der Waals surface area (Å²) in [4.78, 5) is 42.1. The molecule has 1 aromatic heterocycles. The summed E-state index contributed by atoms with van der Waals surface area (Å²) in [7, 11) is 0. The van der Waals surface area contributed by atoms with E-state index >= 15 is 0 Å². The number of rotatable bonds is 7. The fourth-order valence-corrected chi connectivity index (χ4v) is 4.92. The van der Waals surface area contributed by atoms with Crippen molar-refractivity contribution >= 4 is 11.8 Å². The first-order valence-electron chi connectivity index (χ1n) is 12.7. The quantitative estimate of drug-likeness (QED) is 0.479. The molecule has 2 N–H and O–H groups in total. The number of carbonyl (C=O) groups excluding carboxylic acids is 2. The summed E-state index contributed by atoms with van der Waals surface area (Å²) in [5.74, 6) is -3.11. The Labute approximate surface area is 223 Å². The van der Waals surface area contributed by atoms with Crippen LogP contribution in [0.5, 0.6) is 5.75 Å². The van der Waals surface area contributed by atoms with Crippen LogP contribution in [0.4, 0.5) is 8.78 Å². The fourth-order valence-electron chi connectivity index (χ4n) is 4.92. The van der Waals surface area contributed by atoms with Gasteiger partial charge in [0.15, 0.2) is 11.4 Å². The van der Waals surface area contributed by atoms with Crippen LogP contribution >= 0.6 is 0 Å². The predicted molar refractivity (Wildman–Crippen MR) is 138 cm³/mol. The molecule has 9 nitrogen and oxygen atoms in total. The molecule has 2 bridgehead atoms. The standard InChI is InChI=1S/C28H28F2N4O5/c1-17-7-10-21(14-35)34-16-32(17)28(38)24-26(39-15-18-5-3-2-4-6-18)25(36)22(13-33(24)34)27(37)31-12-19-8-9-20(29)11-23(19)30/h2-6,8-9,11,13,17,21,35H,7,10,12,14-16H2,1H3,(H,31,37)/t17-,21-/m0/s1. The molecule has 2 amide bonds. The summed E-state index contributed by atoms with van der Waals surface area (Å²) in [6, 6.07) is 11.5. The highest BCUT2D eigenvalue weighted by molar-refractivity contribution is 5.99. The van der Waals surface area contributed by atoms with Crippen LogP contribution in [0.15, 0.2) is 59.5 Å². The van der Waals surface area contributed by atoms with E-state index in [0.29, 0.717) is 18.9 Å². The van der Waals surface area contributed by atoms with Gasteiger partial charge in [0.2, 0.25) is 5.43 Å². The molecular weight excluding hydrogens is 510 g/mol. The van der Waals surface area contributed by atoms with E-state index in [-0.39, 0.29) is 61.1 Å². The zero-order chi connectivity index (χ0) is 27.7. The van der Waals surface area contributed by atoms with Crippen LogP contribution in [0.1, 0.15) is 51.7 Å². The Bertz CT molecular complexity index is 1460. The van der Waals surface area contributed by atoms with E-state index in [1.807, 2.05) is 25.1 Å². The maximum absolute atomic E-state index is 14.1. The summed E-state index contributed by atoms with van der Waals surface area (Å²) in [6.45, 7) is 1.54. The van der Waals surface area contributed by atoms with Gasteiger partial charge < -0.3 is 20.1 Å². The first-order chi connectivity index (χ1) is 18.8. The normalized spacial score (nSPS) is 18.4. The second kappa shape index (κ2) is 10.9. The first kappa shape index (κ1) is 26.4. The number of carbonyl (C=O) groups is 2. The van der Waals surface area contributed by atoms with Gasteiger partial charge in [-0.3, -0.25) is 24.1 Å². The molecule has 3 aromatic rings. The first-order valence-corrected chi connectivity index (χ1v) is 12.7. The summed E-state index contributed by atoms with van der Waals surface area (Å²) < 4.78 is 34.8. The molecule has 2 atom stereocenters. The summed E-state index contributed by atoms with van der Waals surface area (Å²) in [5.41, 5.74) is -0.358. The van der Waals surface area contributed by atoms with Crippen LogP contribution in [0.2, 0.25) is 0 Å². The number of nitrogens with one attached hydrogen (secondary N) is 1. The summed E-state index contributed by atoms with van der Waals surface area (Å²) >= 11 is 0. The number of aliphatic hydroxyl groups excluding tert-OH is 1. The predicted octanol–water partition coefficient (Wildman–Crippen LogP) is 2.53. The highest BCUT2D eigenvalue weighted by Gasteiger charge is 2.41. The molecule has 5 rings (SSSR count). The van der Waals surface area contributed by atoms with E-state index in [2.05, 4.69) is 5.32 Å². The Kier molecular flexibility index (Phi) is 7.34. The van der Waals surface area contributed by atoms with E-state index in [1.54, 1.807) is 22.0 Å². The number of benzene rings is 2. The van der Waals surface area contributed by atoms with Crippen molar-refractivity contribution in [2.24, 2.45) is 0 Å². The number of halogens is 2. The molecule has 2 aliphatic heterocycles. The van der Waals surface area contributed by atoms with E-state index in [1.165, 1.54) is 16.9 Å². The van der Waals surface area contributed by atoms with Gasteiger partial charge in [-0.2, -0.15) is 0 Å². The molecular formula is C28H28F2N4O5. The lowest BCUT2D eigenvalue weighted by atomic mass is 10.1. The number of pyridine rings is 1. The minimum atomic E-state index is -0.834. The highest BCUT2D eigenvalue weighted by Crippen LogP contribution is 2.29. The Hall–Kier alpha value is -4.25. The van der Waals surface area contributed by atoms with Crippen molar-refractivity contribution in [3.05, 3.63) is 99.0 Å². The molecule has 0 spiro atoms. The molecule has 0 unspecified atom stereocenters. The van der Waals surface area contributed by atoms with Crippen molar-refractivity contribution in [3.8, 4) is 5.75 Å². The highest BCUT2D eigenvalue weighted by atomic mass is 19.1. The second-order valence-corrected chi connectivity index (χ2v) is 9.71. The number of fused-ring (bicyclic) bond motifs is 4. The van der Waals surface area contributed by atoms with Crippen molar-refractivity contribution in [3.63, 3.8) is 0 Å². The summed E-state index contributed by atoms with van der Waals surface area (Å²) in [6.07, 6.45) is 2.49. The van der Waals surface area contributed by atoms with Gasteiger partial charge in [-0.05, 0) is 31.4 Å². The number of amides is 2. The second-order valence-electron chi connectivity index (χ2n) is 9.71. The van der Waals surface area contributed by atoms with E-state index < -0.39 is 28.9 Å². The molecule has 11 heteroatoms. The van der Waals surface area contributed by atoms with Crippen LogP contribution in [0.25, 0.3) is 0 Å². The lowest BCUT2D eigenvalue weighted by molar-refractivity contribution is 0.0618. The van der Waals surface area contributed by atoms with Crippen LogP contribution in [-0.2, 0) is 13.2 Å². The number of hydrogen-bond donors (Lipinski definition) is 2. The Balaban J connectivity index is 1.57.